The summed E-state index contributed by atoms with van der Waals surface area (Å²) in [4.78, 5) is 0. The van der Waals surface area contributed by atoms with Gasteiger partial charge in [-0.25, -0.2) is 12.7 Å². The summed E-state index contributed by atoms with van der Waals surface area (Å²) in [6, 6.07) is 7.38. The van der Waals surface area contributed by atoms with E-state index in [2.05, 4.69) is 5.32 Å². The van der Waals surface area contributed by atoms with Gasteiger partial charge in [0.2, 0.25) is 10.0 Å². The molecule has 0 atom stereocenters. The Morgan fingerprint density at radius 1 is 1.33 bits per heavy atom. The van der Waals surface area contributed by atoms with E-state index in [4.69, 9.17) is 0 Å². The largest absolute Gasteiger partial charge is 0.388 e. The Morgan fingerprint density at radius 3 is 2.53 bits per heavy atom. The van der Waals surface area contributed by atoms with Gasteiger partial charge in [-0.3, -0.25) is 0 Å². The van der Waals surface area contributed by atoms with E-state index in [1.165, 1.54) is 18.4 Å². The van der Waals surface area contributed by atoms with Crippen LogP contribution >= 0.6 is 0 Å². The molecule has 4 nitrogen and oxygen atoms in total. The van der Waals surface area contributed by atoms with Crippen molar-refractivity contribution in [1.29, 1.82) is 0 Å². The van der Waals surface area contributed by atoms with Gasteiger partial charge in [0, 0.05) is 26.8 Å². The number of hydrogen-bond acceptors (Lipinski definition) is 3. The molecule has 1 rings (SSSR count). The molecular formula is C10H16N2O2S. The smallest absolute Gasteiger partial charge is 0.217 e. The Morgan fingerprint density at radius 2 is 2.00 bits per heavy atom. The third-order valence-electron chi connectivity index (χ3n) is 2.12. The van der Waals surface area contributed by atoms with Gasteiger partial charge in [0.25, 0.3) is 0 Å². The molecule has 0 spiro atoms. The molecule has 1 aromatic carbocycles. The highest BCUT2D eigenvalue weighted by molar-refractivity contribution is 7.88. The van der Waals surface area contributed by atoms with E-state index in [9.17, 15) is 8.42 Å². The molecule has 1 aromatic rings. The Balaban J connectivity index is 2.90. The van der Waals surface area contributed by atoms with Gasteiger partial charge in [0.15, 0.2) is 0 Å². The lowest BCUT2D eigenvalue weighted by Gasteiger charge is -2.11. The van der Waals surface area contributed by atoms with Crippen LogP contribution in [0.15, 0.2) is 24.3 Å². The van der Waals surface area contributed by atoms with Crippen molar-refractivity contribution in [3.63, 3.8) is 0 Å². The monoisotopic (exact) mass is 228 g/mol. The molecule has 0 heterocycles. The first-order valence-electron chi connectivity index (χ1n) is 4.62. The van der Waals surface area contributed by atoms with Crippen molar-refractivity contribution >= 4 is 15.7 Å². The van der Waals surface area contributed by atoms with Gasteiger partial charge in [-0.2, -0.15) is 0 Å². The molecule has 0 fully saturated rings. The number of benzene rings is 1. The SMILES string of the molecule is CNc1cccc(CS(=O)(=O)N(C)C)c1. The average Bonchev–Trinajstić information content (AvgIpc) is 2.17. The lowest BCUT2D eigenvalue weighted by molar-refractivity contribution is 0.520. The van der Waals surface area contributed by atoms with E-state index in [1.807, 2.05) is 24.3 Å². The molecule has 0 unspecified atom stereocenters. The van der Waals surface area contributed by atoms with Gasteiger partial charge in [0.05, 0.1) is 5.75 Å². The zero-order valence-electron chi connectivity index (χ0n) is 9.19. The summed E-state index contributed by atoms with van der Waals surface area (Å²) < 4.78 is 24.4. The number of anilines is 1. The molecule has 0 aliphatic heterocycles. The summed E-state index contributed by atoms with van der Waals surface area (Å²) in [5.41, 5.74) is 1.71. The van der Waals surface area contributed by atoms with Crippen LogP contribution in [-0.2, 0) is 15.8 Å². The predicted molar refractivity (Wildman–Crippen MR) is 62.3 cm³/mol. The fraction of sp³-hybridized carbons (Fsp3) is 0.400. The summed E-state index contributed by atoms with van der Waals surface area (Å²) in [7, 11) is 1.71. The van der Waals surface area contributed by atoms with Crippen LogP contribution in [0.3, 0.4) is 0 Å². The predicted octanol–water partition coefficient (Wildman–Crippen LogP) is 1.12. The van der Waals surface area contributed by atoms with E-state index >= 15 is 0 Å². The zero-order valence-corrected chi connectivity index (χ0v) is 10.0. The molecule has 15 heavy (non-hydrogen) atoms. The van der Waals surface area contributed by atoms with Gasteiger partial charge in [-0.15, -0.1) is 0 Å². The van der Waals surface area contributed by atoms with Crippen molar-refractivity contribution < 1.29 is 8.42 Å². The van der Waals surface area contributed by atoms with Crippen molar-refractivity contribution in [2.24, 2.45) is 0 Å². The second kappa shape index (κ2) is 4.63. The third kappa shape index (κ3) is 3.21. The first-order chi connectivity index (χ1) is 6.95. The minimum Gasteiger partial charge on any atom is -0.388 e. The maximum atomic E-state index is 11.6. The normalized spacial score (nSPS) is 11.7. The molecule has 0 radical (unpaired) electrons. The van der Waals surface area contributed by atoms with Gasteiger partial charge in [-0.05, 0) is 17.7 Å². The fourth-order valence-corrected chi connectivity index (χ4v) is 2.02. The molecule has 0 aromatic heterocycles. The standard InChI is InChI=1S/C10H16N2O2S/c1-11-10-6-4-5-9(7-10)8-15(13,14)12(2)3/h4-7,11H,8H2,1-3H3. The molecule has 1 N–H and O–H groups in total. The van der Waals surface area contributed by atoms with Crippen LogP contribution in [-0.4, -0.2) is 33.9 Å². The third-order valence-corrected chi connectivity index (χ3v) is 3.93. The van der Waals surface area contributed by atoms with E-state index < -0.39 is 10.0 Å². The highest BCUT2D eigenvalue weighted by Gasteiger charge is 2.14. The second-order valence-corrected chi connectivity index (χ2v) is 5.67. The molecule has 0 saturated heterocycles. The summed E-state index contributed by atoms with van der Waals surface area (Å²) in [5, 5.41) is 2.97. The molecule has 0 saturated carbocycles. The molecule has 0 bridgehead atoms. The number of hydrogen-bond donors (Lipinski definition) is 1. The maximum absolute atomic E-state index is 11.6. The van der Waals surface area contributed by atoms with Crippen LogP contribution < -0.4 is 5.32 Å². The molecule has 5 heteroatoms. The van der Waals surface area contributed by atoms with E-state index in [-0.39, 0.29) is 5.75 Å². The lowest BCUT2D eigenvalue weighted by atomic mass is 10.2. The number of nitrogens with one attached hydrogen (secondary N) is 1. The van der Waals surface area contributed by atoms with Gasteiger partial charge < -0.3 is 5.32 Å². The summed E-state index contributed by atoms with van der Waals surface area (Å²) >= 11 is 0. The van der Waals surface area contributed by atoms with E-state index in [1.54, 1.807) is 7.05 Å². The summed E-state index contributed by atoms with van der Waals surface area (Å²) in [5.74, 6) is 0.0372. The van der Waals surface area contributed by atoms with Gasteiger partial charge in [-0.1, -0.05) is 12.1 Å². The fourth-order valence-electron chi connectivity index (χ4n) is 1.16. The Kier molecular flexibility index (Phi) is 3.71. The van der Waals surface area contributed by atoms with Gasteiger partial charge >= 0.3 is 0 Å². The maximum Gasteiger partial charge on any atom is 0.217 e. The topological polar surface area (TPSA) is 49.4 Å². The Hall–Kier alpha value is -1.07. The summed E-state index contributed by atoms with van der Waals surface area (Å²) in [6.07, 6.45) is 0. The van der Waals surface area contributed by atoms with Crippen LogP contribution in [0.4, 0.5) is 5.69 Å². The first-order valence-corrected chi connectivity index (χ1v) is 6.23. The van der Waals surface area contributed by atoms with Gasteiger partial charge in [0.1, 0.15) is 0 Å². The van der Waals surface area contributed by atoms with Crippen LogP contribution in [0.2, 0.25) is 0 Å². The van der Waals surface area contributed by atoms with Crippen LogP contribution in [0.5, 0.6) is 0 Å². The van der Waals surface area contributed by atoms with Crippen molar-refractivity contribution in [1.82, 2.24) is 4.31 Å². The molecule has 0 aliphatic carbocycles. The summed E-state index contributed by atoms with van der Waals surface area (Å²) in [6.45, 7) is 0. The zero-order chi connectivity index (χ0) is 11.5. The highest BCUT2D eigenvalue weighted by Crippen LogP contribution is 2.13. The second-order valence-electron chi connectivity index (χ2n) is 3.49. The van der Waals surface area contributed by atoms with E-state index in [0.29, 0.717) is 0 Å². The Bertz CT molecular complexity index is 427. The van der Waals surface area contributed by atoms with Crippen molar-refractivity contribution in [3.8, 4) is 0 Å². The van der Waals surface area contributed by atoms with Crippen LogP contribution in [0.25, 0.3) is 0 Å². The van der Waals surface area contributed by atoms with Crippen LogP contribution in [0, 0.1) is 0 Å². The molecular weight excluding hydrogens is 212 g/mol. The minimum atomic E-state index is -3.17. The Labute approximate surface area is 91.0 Å². The van der Waals surface area contributed by atoms with Crippen molar-refractivity contribution in [2.75, 3.05) is 26.5 Å². The molecule has 0 amide bonds. The lowest BCUT2D eigenvalue weighted by Crippen LogP contribution is -2.23. The number of rotatable bonds is 4. The molecule has 84 valence electrons. The minimum absolute atomic E-state index is 0.0372. The number of nitrogens with zero attached hydrogens (tertiary/aromatic N) is 1. The number of sulfonamides is 1. The van der Waals surface area contributed by atoms with Crippen molar-refractivity contribution in [3.05, 3.63) is 29.8 Å². The quantitative estimate of drug-likeness (QED) is 0.840. The van der Waals surface area contributed by atoms with E-state index in [0.717, 1.165) is 11.3 Å². The van der Waals surface area contributed by atoms with Crippen LogP contribution in [0.1, 0.15) is 5.56 Å². The molecule has 0 aliphatic rings. The first kappa shape index (κ1) is 12.0. The highest BCUT2D eigenvalue weighted by atomic mass is 32.2. The van der Waals surface area contributed by atoms with Crippen molar-refractivity contribution in [2.45, 2.75) is 5.75 Å². The average molecular weight is 228 g/mol.